The van der Waals surface area contributed by atoms with Gasteiger partial charge in [-0.3, -0.25) is 0 Å². The number of morpholine rings is 1. The van der Waals surface area contributed by atoms with Crippen LogP contribution in [0.3, 0.4) is 0 Å². The van der Waals surface area contributed by atoms with Crippen molar-refractivity contribution in [2.45, 2.75) is 6.42 Å². The van der Waals surface area contributed by atoms with Gasteiger partial charge in [-0.25, -0.2) is 4.98 Å². The summed E-state index contributed by atoms with van der Waals surface area (Å²) in [5.74, 6) is 0. The summed E-state index contributed by atoms with van der Waals surface area (Å²) >= 11 is 1.71. The van der Waals surface area contributed by atoms with Crippen molar-refractivity contribution >= 4 is 22.5 Å². The van der Waals surface area contributed by atoms with E-state index in [1.54, 1.807) is 11.3 Å². The van der Waals surface area contributed by atoms with Gasteiger partial charge in [-0.1, -0.05) is 6.08 Å². The van der Waals surface area contributed by atoms with E-state index in [9.17, 15) is 0 Å². The van der Waals surface area contributed by atoms with Gasteiger partial charge < -0.3 is 15.0 Å². The molecule has 0 atom stereocenters. The van der Waals surface area contributed by atoms with Crippen molar-refractivity contribution in [1.29, 1.82) is 0 Å². The molecule has 1 aromatic rings. The third-order valence-electron chi connectivity index (χ3n) is 2.64. The van der Waals surface area contributed by atoms with Gasteiger partial charge in [0, 0.05) is 18.5 Å². The molecular weight excluding hydrogens is 234 g/mol. The van der Waals surface area contributed by atoms with E-state index in [1.165, 1.54) is 0 Å². The predicted octanol–water partition coefficient (Wildman–Crippen LogP) is 1.60. The standard InChI is InChI=1S/C12H19N3OS/c1-13-5-3-2-4-11-10-17-12(14-11)15-6-8-16-9-7-15/h2,4,10,13H,3,5-9H2,1H3. The maximum absolute atomic E-state index is 5.33. The number of nitrogens with zero attached hydrogens (tertiary/aromatic N) is 2. The summed E-state index contributed by atoms with van der Waals surface area (Å²) in [5, 5.41) is 6.34. The van der Waals surface area contributed by atoms with Crippen LogP contribution in [0.4, 0.5) is 5.13 Å². The van der Waals surface area contributed by atoms with Crippen molar-refractivity contribution in [2.75, 3.05) is 44.8 Å². The van der Waals surface area contributed by atoms with Crippen LogP contribution in [0.5, 0.6) is 0 Å². The molecule has 0 bridgehead atoms. The van der Waals surface area contributed by atoms with Crippen molar-refractivity contribution in [1.82, 2.24) is 10.3 Å². The second-order valence-electron chi connectivity index (χ2n) is 3.95. The molecule has 1 fully saturated rings. The summed E-state index contributed by atoms with van der Waals surface area (Å²) in [7, 11) is 1.97. The lowest BCUT2D eigenvalue weighted by atomic mass is 10.3. The molecule has 1 aromatic heterocycles. The second kappa shape index (κ2) is 6.74. The minimum absolute atomic E-state index is 0.812. The molecule has 5 heteroatoms. The van der Waals surface area contributed by atoms with Crippen LogP contribution in [0.15, 0.2) is 11.5 Å². The summed E-state index contributed by atoms with van der Waals surface area (Å²) < 4.78 is 5.33. The zero-order valence-corrected chi connectivity index (χ0v) is 11.0. The van der Waals surface area contributed by atoms with Gasteiger partial charge in [0.1, 0.15) is 0 Å². The summed E-state index contributed by atoms with van der Waals surface area (Å²) in [6.45, 7) is 4.55. The Kier molecular flexibility index (Phi) is 4.97. The highest BCUT2D eigenvalue weighted by Gasteiger charge is 2.13. The molecule has 94 valence electrons. The topological polar surface area (TPSA) is 37.4 Å². The van der Waals surface area contributed by atoms with E-state index in [-0.39, 0.29) is 0 Å². The monoisotopic (exact) mass is 253 g/mol. The minimum Gasteiger partial charge on any atom is -0.378 e. The van der Waals surface area contributed by atoms with Crippen LogP contribution in [0.2, 0.25) is 0 Å². The third kappa shape index (κ3) is 3.80. The van der Waals surface area contributed by atoms with Gasteiger partial charge in [0.05, 0.1) is 18.9 Å². The molecular formula is C12H19N3OS. The first-order chi connectivity index (χ1) is 8.40. The fourth-order valence-corrected chi connectivity index (χ4v) is 2.53. The first-order valence-corrected chi connectivity index (χ1v) is 6.87. The van der Waals surface area contributed by atoms with Gasteiger partial charge in [0.2, 0.25) is 0 Å². The number of hydrogen-bond acceptors (Lipinski definition) is 5. The molecule has 0 aromatic carbocycles. The van der Waals surface area contributed by atoms with E-state index >= 15 is 0 Å². The highest BCUT2D eigenvalue weighted by molar-refractivity contribution is 7.13. The van der Waals surface area contributed by atoms with Crippen molar-refractivity contribution in [3.8, 4) is 0 Å². The fourth-order valence-electron chi connectivity index (χ4n) is 1.68. The van der Waals surface area contributed by atoms with E-state index < -0.39 is 0 Å². The quantitative estimate of drug-likeness (QED) is 0.809. The number of nitrogens with one attached hydrogen (secondary N) is 1. The molecule has 1 N–H and O–H groups in total. The van der Waals surface area contributed by atoms with Crippen LogP contribution in [0.1, 0.15) is 12.1 Å². The Morgan fingerprint density at radius 2 is 2.35 bits per heavy atom. The van der Waals surface area contributed by atoms with Crippen molar-refractivity contribution < 1.29 is 4.74 Å². The zero-order valence-electron chi connectivity index (χ0n) is 10.2. The number of aromatic nitrogens is 1. The lowest BCUT2D eigenvalue weighted by Crippen LogP contribution is -2.36. The molecule has 1 aliphatic rings. The summed E-state index contributed by atoms with van der Waals surface area (Å²) in [5.41, 5.74) is 1.06. The Morgan fingerprint density at radius 3 is 3.12 bits per heavy atom. The molecule has 0 aliphatic carbocycles. The average molecular weight is 253 g/mol. The molecule has 0 unspecified atom stereocenters. The number of anilines is 1. The number of rotatable bonds is 5. The number of hydrogen-bond donors (Lipinski definition) is 1. The van der Waals surface area contributed by atoms with Crippen molar-refractivity contribution in [3.63, 3.8) is 0 Å². The van der Waals surface area contributed by atoms with Crippen molar-refractivity contribution in [3.05, 3.63) is 17.2 Å². The fraction of sp³-hybridized carbons (Fsp3) is 0.583. The maximum atomic E-state index is 5.33. The van der Waals surface area contributed by atoms with E-state index in [0.29, 0.717) is 0 Å². The molecule has 0 spiro atoms. The van der Waals surface area contributed by atoms with Crippen LogP contribution >= 0.6 is 11.3 Å². The summed E-state index contributed by atoms with van der Waals surface area (Å²) in [4.78, 5) is 6.90. The molecule has 1 saturated heterocycles. The van der Waals surface area contributed by atoms with E-state index in [4.69, 9.17) is 4.74 Å². The predicted molar refractivity (Wildman–Crippen MR) is 72.7 cm³/mol. The molecule has 17 heavy (non-hydrogen) atoms. The molecule has 0 radical (unpaired) electrons. The molecule has 4 nitrogen and oxygen atoms in total. The Labute approximate surface area is 106 Å². The van der Waals surface area contributed by atoms with Crippen LogP contribution < -0.4 is 10.2 Å². The first-order valence-electron chi connectivity index (χ1n) is 5.99. The Balaban J connectivity index is 1.88. The maximum Gasteiger partial charge on any atom is 0.185 e. The van der Waals surface area contributed by atoms with Crippen LogP contribution in [-0.2, 0) is 4.74 Å². The summed E-state index contributed by atoms with van der Waals surface area (Å²) in [6.07, 6.45) is 5.30. The van der Waals surface area contributed by atoms with Crippen molar-refractivity contribution in [2.24, 2.45) is 0 Å². The number of thiazole rings is 1. The average Bonchev–Trinajstić information content (AvgIpc) is 2.85. The third-order valence-corrected chi connectivity index (χ3v) is 3.56. The van der Waals surface area contributed by atoms with Gasteiger partial charge >= 0.3 is 0 Å². The van der Waals surface area contributed by atoms with Gasteiger partial charge in [-0.05, 0) is 26.1 Å². The van der Waals surface area contributed by atoms with Gasteiger partial charge in [-0.15, -0.1) is 11.3 Å². The SMILES string of the molecule is CNCCC=Cc1csc(N2CCOCC2)n1. The van der Waals surface area contributed by atoms with Crippen LogP contribution in [0.25, 0.3) is 6.08 Å². The van der Waals surface area contributed by atoms with Crippen LogP contribution in [-0.4, -0.2) is 44.9 Å². The largest absolute Gasteiger partial charge is 0.378 e. The highest BCUT2D eigenvalue weighted by Crippen LogP contribution is 2.22. The van der Waals surface area contributed by atoms with Crippen LogP contribution in [0, 0.1) is 0 Å². The summed E-state index contributed by atoms with van der Waals surface area (Å²) in [6, 6.07) is 0. The second-order valence-corrected chi connectivity index (χ2v) is 4.79. The van der Waals surface area contributed by atoms with Gasteiger partial charge in [-0.2, -0.15) is 0 Å². The highest BCUT2D eigenvalue weighted by atomic mass is 32.1. The zero-order chi connectivity index (χ0) is 11.9. The Morgan fingerprint density at radius 1 is 1.53 bits per heavy atom. The molecule has 2 heterocycles. The minimum atomic E-state index is 0.812. The molecule has 0 saturated carbocycles. The van der Waals surface area contributed by atoms with E-state index in [2.05, 4.69) is 32.7 Å². The lowest BCUT2D eigenvalue weighted by Gasteiger charge is -2.25. The smallest absolute Gasteiger partial charge is 0.185 e. The number of ether oxygens (including phenoxy) is 1. The van der Waals surface area contributed by atoms with Gasteiger partial charge in [0.15, 0.2) is 5.13 Å². The Hall–Kier alpha value is -0.910. The molecule has 2 rings (SSSR count). The Bertz CT molecular complexity index is 358. The van der Waals surface area contributed by atoms with E-state index in [1.807, 2.05) is 7.05 Å². The van der Waals surface area contributed by atoms with E-state index in [0.717, 1.165) is 50.1 Å². The first kappa shape index (κ1) is 12.5. The molecule has 1 aliphatic heterocycles. The van der Waals surface area contributed by atoms with Gasteiger partial charge in [0.25, 0.3) is 0 Å². The lowest BCUT2D eigenvalue weighted by molar-refractivity contribution is 0.122. The normalized spacial score (nSPS) is 16.9. The molecule has 0 amide bonds.